The van der Waals surface area contributed by atoms with Gasteiger partial charge in [0.05, 0.1) is 6.61 Å². The molecule has 0 aliphatic rings. The normalized spacial score (nSPS) is 10.7. The minimum Gasteiger partial charge on any atom is -0.508 e. The smallest absolute Gasteiger partial charge is 0.119 e. The lowest BCUT2D eigenvalue weighted by Crippen LogP contribution is -1.96. The first-order valence-corrected chi connectivity index (χ1v) is 8.99. The van der Waals surface area contributed by atoms with Gasteiger partial charge in [-0.1, -0.05) is 51.4 Å². The molecule has 0 fully saturated rings. The standard InChI is InChI=1S/C18H30O2S/c19-17-11-13-18(14-12-17)20-15-9-7-5-3-1-2-4-6-8-10-16-21/h11-14,19,21H,1-10,15-16H2. The molecule has 0 unspecified atom stereocenters. The molecule has 1 N–H and O–H groups in total. The van der Waals surface area contributed by atoms with Crippen LogP contribution in [0.4, 0.5) is 0 Å². The SMILES string of the molecule is Oc1ccc(OCCCCCCCCCCCCS)cc1. The van der Waals surface area contributed by atoms with Crippen LogP contribution in [0.25, 0.3) is 0 Å². The molecule has 0 amide bonds. The Morgan fingerprint density at radius 3 is 1.71 bits per heavy atom. The van der Waals surface area contributed by atoms with Gasteiger partial charge >= 0.3 is 0 Å². The highest BCUT2D eigenvalue weighted by atomic mass is 32.1. The second kappa shape index (κ2) is 12.9. The zero-order valence-electron chi connectivity index (χ0n) is 13.1. The van der Waals surface area contributed by atoms with Crippen molar-refractivity contribution in [3.8, 4) is 11.5 Å². The van der Waals surface area contributed by atoms with Crippen molar-refractivity contribution in [2.75, 3.05) is 12.4 Å². The van der Waals surface area contributed by atoms with Crippen LogP contribution >= 0.6 is 12.6 Å². The van der Waals surface area contributed by atoms with E-state index in [1.807, 2.05) is 12.1 Å². The van der Waals surface area contributed by atoms with E-state index >= 15 is 0 Å². The van der Waals surface area contributed by atoms with Crippen molar-refractivity contribution < 1.29 is 9.84 Å². The molecular weight excluding hydrogens is 280 g/mol. The fraction of sp³-hybridized carbons (Fsp3) is 0.667. The number of aromatic hydroxyl groups is 1. The minimum absolute atomic E-state index is 0.285. The molecule has 0 atom stereocenters. The molecule has 0 radical (unpaired) electrons. The number of phenolic OH excluding ortho intramolecular Hbond substituents is 1. The van der Waals surface area contributed by atoms with Crippen LogP contribution in [-0.2, 0) is 0 Å². The van der Waals surface area contributed by atoms with E-state index in [0.717, 1.165) is 24.5 Å². The van der Waals surface area contributed by atoms with E-state index in [4.69, 9.17) is 4.74 Å². The van der Waals surface area contributed by atoms with Gasteiger partial charge in [-0.3, -0.25) is 0 Å². The molecule has 1 aromatic carbocycles. The van der Waals surface area contributed by atoms with Crippen LogP contribution < -0.4 is 4.74 Å². The first-order valence-electron chi connectivity index (χ1n) is 8.35. The molecule has 0 aliphatic carbocycles. The topological polar surface area (TPSA) is 29.5 Å². The van der Waals surface area contributed by atoms with Crippen LogP contribution in [0.2, 0.25) is 0 Å². The van der Waals surface area contributed by atoms with E-state index in [2.05, 4.69) is 12.6 Å². The lowest BCUT2D eigenvalue weighted by Gasteiger charge is -2.06. The van der Waals surface area contributed by atoms with Gasteiger partial charge in [0.2, 0.25) is 0 Å². The van der Waals surface area contributed by atoms with Crippen LogP contribution in [0, 0.1) is 0 Å². The van der Waals surface area contributed by atoms with E-state index in [9.17, 15) is 5.11 Å². The van der Waals surface area contributed by atoms with Crippen molar-refractivity contribution in [1.29, 1.82) is 0 Å². The second-order valence-electron chi connectivity index (χ2n) is 5.60. The molecule has 120 valence electrons. The number of hydrogen-bond donors (Lipinski definition) is 2. The van der Waals surface area contributed by atoms with E-state index in [1.54, 1.807) is 12.1 Å². The predicted molar refractivity (Wildman–Crippen MR) is 93.6 cm³/mol. The van der Waals surface area contributed by atoms with Gasteiger partial charge in [0.25, 0.3) is 0 Å². The van der Waals surface area contributed by atoms with Gasteiger partial charge in [0.15, 0.2) is 0 Å². The number of hydrogen-bond acceptors (Lipinski definition) is 3. The summed E-state index contributed by atoms with van der Waals surface area (Å²) in [6, 6.07) is 6.93. The van der Waals surface area contributed by atoms with Crippen LogP contribution in [0.15, 0.2) is 24.3 Å². The molecule has 2 nitrogen and oxygen atoms in total. The Kier molecular flexibility index (Phi) is 11.2. The number of rotatable bonds is 13. The van der Waals surface area contributed by atoms with Crippen molar-refractivity contribution >= 4 is 12.6 Å². The third-order valence-corrected chi connectivity index (χ3v) is 3.97. The zero-order valence-corrected chi connectivity index (χ0v) is 14.0. The van der Waals surface area contributed by atoms with Crippen molar-refractivity contribution in [1.82, 2.24) is 0 Å². The molecule has 0 saturated heterocycles. The maximum Gasteiger partial charge on any atom is 0.119 e. The highest BCUT2D eigenvalue weighted by molar-refractivity contribution is 7.80. The summed E-state index contributed by atoms with van der Waals surface area (Å²) in [4.78, 5) is 0. The zero-order chi connectivity index (χ0) is 15.2. The Morgan fingerprint density at radius 1 is 0.714 bits per heavy atom. The van der Waals surface area contributed by atoms with Crippen LogP contribution in [0.1, 0.15) is 64.2 Å². The summed E-state index contributed by atoms with van der Waals surface area (Å²) < 4.78 is 5.63. The Balaban J connectivity index is 1.81. The molecule has 3 heteroatoms. The number of phenols is 1. The highest BCUT2D eigenvalue weighted by Gasteiger charge is 1.95. The summed E-state index contributed by atoms with van der Waals surface area (Å²) in [6.45, 7) is 0.772. The Bertz CT molecular complexity index is 338. The third kappa shape index (κ3) is 10.5. The lowest BCUT2D eigenvalue weighted by atomic mass is 10.1. The van der Waals surface area contributed by atoms with Crippen molar-refractivity contribution in [2.45, 2.75) is 64.2 Å². The largest absolute Gasteiger partial charge is 0.508 e. The predicted octanol–water partition coefficient (Wildman–Crippen LogP) is 5.60. The monoisotopic (exact) mass is 310 g/mol. The molecule has 1 rings (SSSR count). The summed E-state index contributed by atoms with van der Waals surface area (Å²) in [5.74, 6) is 2.16. The van der Waals surface area contributed by atoms with Crippen molar-refractivity contribution in [3.63, 3.8) is 0 Å². The summed E-state index contributed by atoms with van der Waals surface area (Å²) >= 11 is 4.23. The van der Waals surface area contributed by atoms with Gasteiger partial charge in [0.1, 0.15) is 11.5 Å². The number of benzene rings is 1. The van der Waals surface area contributed by atoms with Crippen molar-refractivity contribution in [2.24, 2.45) is 0 Å². The van der Waals surface area contributed by atoms with Gasteiger partial charge in [-0.2, -0.15) is 12.6 Å². The number of thiol groups is 1. The maximum atomic E-state index is 9.17. The average molecular weight is 311 g/mol. The van der Waals surface area contributed by atoms with Crippen LogP contribution in [0.3, 0.4) is 0 Å². The van der Waals surface area contributed by atoms with Gasteiger partial charge in [-0.25, -0.2) is 0 Å². The number of ether oxygens (including phenoxy) is 1. The van der Waals surface area contributed by atoms with E-state index in [-0.39, 0.29) is 5.75 Å². The van der Waals surface area contributed by atoms with Crippen LogP contribution in [-0.4, -0.2) is 17.5 Å². The fourth-order valence-corrected chi connectivity index (χ4v) is 2.58. The quantitative estimate of drug-likeness (QED) is 0.367. The van der Waals surface area contributed by atoms with Gasteiger partial charge < -0.3 is 9.84 Å². The molecule has 0 aliphatic heterocycles. The molecular formula is C18H30O2S. The molecule has 0 aromatic heterocycles. The van der Waals surface area contributed by atoms with E-state index in [1.165, 1.54) is 57.8 Å². The van der Waals surface area contributed by atoms with Gasteiger partial charge in [0, 0.05) is 0 Å². The molecule has 0 heterocycles. The molecule has 0 saturated carbocycles. The Morgan fingerprint density at radius 2 is 1.19 bits per heavy atom. The van der Waals surface area contributed by atoms with Crippen molar-refractivity contribution in [3.05, 3.63) is 24.3 Å². The highest BCUT2D eigenvalue weighted by Crippen LogP contribution is 2.16. The summed E-state index contributed by atoms with van der Waals surface area (Å²) in [7, 11) is 0. The number of unbranched alkanes of at least 4 members (excludes halogenated alkanes) is 9. The Labute approximate surface area is 135 Å². The Hall–Kier alpha value is -0.830. The molecule has 21 heavy (non-hydrogen) atoms. The first kappa shape index (κ1) is 18.2. The van der Waals surface area contributed by atoms with E-state index in [0.29, 0.717) is 0 Å². The third-order valence-electron chi connectivity index (χ3n) is 3.66. The molecule has 0 bridgehead atoms. The van der Waals surface area contributed by atoms with Crippen LogP contribution in [0.5, 0.6) is 11.5 Å². The fourth-order valence-electron chi connectivity index (χ4n) is 2.36. The summed E-state index contributed by atoms with van der Waals surface area (Å²) in [5.41, 5.74) is 0. The van der Waals surface area contributed by atoms with E-state index < -0.39 is 0 Å². The van der Waals surface area contributed by atoms with Gasteiger partial charge in [-0.15, -0.1) is 0 Å². The average Bonchev–Trinajstić information content (AvgIpc) is 2.50. The summed E-state index contributed by atoms with van der Waals surface area (Å²) in [6.07, 6.45) is 13.2. The maximum absolute atomic E-state index is 9.17. The first-order chi connectivity index (χ1) is 10.3. The minimum atomic E-state index is 0.285. The summed E-state index contributed by atoms with van der Waals surface area (Å²) in [5, 5.41) is 9.17. The second-order valence-corrected chi connectivity index (χ2v) is 6.05. The molecule has 1 aromatic rings. The van der Waals surface area contributed by atoms with Gasteiger partial charge in [-0.05, 0) is 42.9 Å². The lowest BCUT2D eigenvalue weighted by molar-refractivity contribution is 0.303. The molecule has 0 spiro atoms.